The molecular weight excluding hydrogens is 119 g/mol. The quantitative estimate of drug-likeness (QED) is 0.594. The molecular formula is C6H7FN2. The van der Waals surface area contributed by atoms with Gasteiger partial charge < -0.3 is 4.98 Å². The average molecular weight is 126 g/mol. The van der Waals surface area contributed by atoms with E-state index in [9.17, 15) is 4.39 Å². The van der Waals surface area contributed by atoms with Crippen LogP contribution in [0.3, 0.4) is 0 Å². The first-order valence-electron chi connectivity index (χ1n) is 2.63. The third-order valence-electron chi connectivity index (χ3n) is 0.935. The van der Waals surface area contributed by atoms with Gasteiger partial charge in [0.2, 0.25) is 5.95 Å². The van der Waals surface area contributed by atoms with Crippen molar-refractivity contribution in [2.75, 3.05) is 0 Å². The third-order valence-corrected chi connectivity index (χ3v) is 0.935. The van der Waals surface area contributed by atoms with E-state index >= 15 is 0 Å². The summed E-state index contributed by atoms with van der Waals surface area (Å²) in [5.41, 5.74) is 0. The molecule has 1 aromatic rings. The molecule has 0 saturated carbocycles. The molecule has 3 heteroatoms. The summed E-state index contributed by atoms with van der Waals surface area (Å²) in [5, 5.41) is 0. The number of halogens is 1. The topological polar surface area (TPSA) is 28.7 Å². The maximum atomic E-state index is 12.1. The van der Waals surface area contributed by atoms with Crippen molar-refractivity contribution in [2.24, 2.45) is 0 Å². The number of aromatic amines is 1. The summed E-state index contributed by atoms with van der Waals surface area (Å²) in [6, 6.07) is 0. The Morgan fingerprint density at radius 2 is 2.67 bits per heavy atom. The normalized spacial score (nSPS) is 9.44. The fraction of sp³-hybridized carbons (Fsp3) is 0.167. The van der Waals surface area contributed by atoms with Crippen LogP contribution in [0.2, 0.25) is 0 Å². The summed E-state index contributed by atoms with van der Waals surface area (Å²) in [6.07, 6.45) is 3.40. The number of hydrogen-bond donors (Lipinski definition) is 1. The molecule has 0 aliphatic carbocycles. The van der Waals surface area contributed by atoms with E-state index in [1.54, 1.807) is 6.08 Å². The minimum Gasteiger partial charge on any atom is -0.319 e. The Hall–Kier alpha value is -1.12. The molecule has 0 saturated heterocycles. The fourth-order valence-corrected chi connectivity index (χ4v) is 0.577. The van der Waals surface area contributed by atoms with Crippen LogP contribution in [0.4, 0.5) is 4.39 Å². The Kier molecular flexibility index (Phi) is 1.63. The van der Waals surface area contributed by atoms with E-state index < -0.39 is 5.95 Å². The lowest BCUT2D eigenvalue weighted by atomic mass is 10.4. The van der Waals surface area contributed by atoms with Crippen LogP contribution in [-0.2, 0) is 6.42 Å². The summed E-state index contributed by atoms with van der Waals surface area (Å²) in [6.45, 7) is 3.48. The number of nitrogens with zero attached hydrogens (tertiary/aromatic N) is 1. The van der Waals surface area contributed by atoms with Gasteiger partial charge in [-0.1, -0.05) is 6.08 Å². The number of nitrogens with one attached hydrogen (secondary N) is 1. The molecule has 0 aromatic carbocycles. The number of hydrogen-bond acceptors (Lipinski definition) is 1. The van der Waals surface area contributed by atoms with E-state index in [-0.39, 0.29) is 0 Å². The van der Waals surface area contributed by atoms with Crippen molar-refractivity contribution in [3.8, 4) is 0 Å². The zero-order valence-electron chi connectivity index (χ0n) is 4.89. The molecule has 0 bridgehead atoms. The Balaban J connectivity index is 2.72. The van der Waals surface area contributed by atoms with Gasteiger partial charge in [0, 0.05) is 6.42 Å². The highest BCUT2D eigenvalue weighted by Gasteiger charge is 1.93. The smallest absolute Gasteiger partial charge is 0.210 e. The Morgan fingerprint density at radius 1 is 1.89 bits per heavy atom. The van der Waals surface area contributed by atoms with Crippen molar-refractivity contribution in [1.82, 2.24) is 9.97 Å². The average Bonchev–Trinajstić information content (AvgIpc) is 2.17. The van der Waals surface area contributed by atoms with Gasteiger partial charge in [-0.3, -0.25) is 0 Å². The number of rotatable bonds is 2. The van der Waals surface area contributed by atoms with Crippen molar-refractivity contribution in [1.29, 1.82) is 0 Å². The molecule has 0 aliphatic heterocycles. The predicted octanol–water partition coefficient (Wildman–Crippen LogP) is 1.28. The van der Waals surface area contributed by atoms with Gasteiger partial charge in [0.05, 0.1) is 6.20 Å². The highest BCUT2D eigenvalue weighted by molar-refractivity contribution is 4.94. The van der Waals surface area contributed by atoms with E-state index in [0.717, 1.165) is 6.20 Å². The molecule has 0 atom stereocenters. The van der Waals surface area contributed by atoms with E-state index in [0.29, 0.717) is 12.2 Å². The number of H-pyrrole nitrogens is 1. The third kappa shape index (κ3) is 1.38. The summed E-state index contributed by atoms with van der Waals surface area (Å²) < 4.78 is 12.1. The molecule has 48 valence electrons. The van der Waals surface area contributed by atoms with Gasteiger partial charge in [0.25, 0.3) is 0 Å². The fourth-order valence-electron chi connectivity index (χ4n) is 0.577. The summed E-state index contributed by atoms with van der Waals surface area (Å²) in [5.74, 6) is 0.217. The zero-order chi connectivity index (χ0) is 6.69. The lowest BCUT2D eigenvalue weighted by Gasteiger charge is -1.82. The van der Waals surface area contributed by atoms with E-state index in [2.05, 4.69) is 16.5 Å². The summed E-state index contributed by atoms with van der Waals surface area (Å²) in [7, 11) is 0. The van der Waals surface area contributed by atoms with E-state index in [4.69, 9.17) is 0 Å². The van der Waals surface area contributed by atoms with Crippen molar-refractivity contribution in [3.63, 3.8) is 0 Å². The van der Waals surface area contributed by atoms with Crippen molar-refractivity contribution in [2.45, 2.75) is 6.42 Å². The molecule has 2 nitrogen and oxygen atoms in total. The van der Waals surface area contributed by atoms with Crippen LogP contribution >= 0.6 is 0 Å². The summed E-state index contributed by atoms with van der Waals surface area (Å²) >= 11 is 0. The molecule has 0 radical (unpaired) electrons. The molecule has 1 N–H and O–H groups in total. The lowest BCUT2D eigenvalue weighted by molar-refractivity contribution is 0.588. The molecule has 0 unspecified atom stereocenters. The second-order valence-electron chi connectivity index (χ2n) is 1.67. The van der Waals surface area contributed by atoms with Gasteiger partial charge in [-0.2, -0.15) is 4.39 Å². The van der Waals surface area contributed by atoms with Crippen LogP contribution < -0.4 is 0 Å². The largest absolute Gasteiger partial charge is 0.319 e. The van der Waals surface area contributed by atoms with Gasteiger partial charge in [-0.25, -0.2) is 4.98 Å². The monoisotopic (exact) mass is 126 g/mol. The maximum absolute atomic E-state index is 12.1. The SMILES string of the molecule is C=CCc1ncc(F)[nH]1. The lowest BCUT2D eigenvalue weighted by Crippen LogP contribution is -1.82. The number of imidazole rings is 1. The first-order chi connectivity index (χ1) is 4.33. The van der Waals surface area contributed by atoms with Crippen LogP contribution in [-0.4, -0.2) is 9.97 Å². The Labute approximate surface area is 52.4 Å². The second-order valence-corrected chi connectivity index (χ2v) is 1.67. The van der Waals surface area contributed by atoms with Crippen LogP contribution in [0.15, 0.2) is 18.9 Å². The van der Waals surface area contributed by atoms with E-state index in [1.807, 2.05) is 0 Å². The van der Waals surface area contributed by atoms with Gasteiger partial charge in [0.15, 0.2) is 0 Å². The van der Waals surface area contributed by atoms with Crippen molar-refractivity contribution in [3.05, 3.63) is 30.6 Å². The summed E-state index contributed by atoms with van der Waals surface area (Å²) in [4.78, 5) is 6.13. The highest BCUT2D eigenvalue weighted by Crippen LogP contribution is 1.94. The highest BCUT2D eigenvalue weighted by atomic mass is 19.1. The van der Waals surface area contributed by atoms with Crippen molar-refractivity contribution >= 4 is 0 Å². The van der Waals surface area contributed by atoms with Crippen molar-refractivity contribution < 1.29 is 4.39 Å². The first kappa shape index (κ1) is 6.01. The van der Waals surface area contributed by atoms with Gasteiger partial charge in [0.1, 0.15) is 5.82 Å². The minimum atomic E-state index is -0.396. The molecule has 0 aliphatic rings. The predicted molar refractivity (Wildman–Crippen MR) is 32.4 cm³/mol. The molecule has 0 amide bonds. The Bertz CT molecular complexity index is 205. The van der Waals surface area contributed by atoms with Crippen LogP contribution in [0, 0.1) is 5.95 Å². The first-order valence-corrected chi connectivity index (χ1v) is 2.63. The van der Waals surface area contributed by atoms with Gasteiger partial charge >= 0.3 is 0 Å². The molecule has 0 fully saturated rings. The van der Waals surface area contributed by atoms with Crippen LogP contribution in [0.25, 0.3) is 0 Å². The maximum Gasteiger partial charge on any atom is 0.210 e. The Morgan fingerprint density at radius 3 is 3.11 bits per heavy atom. The van der Waals surface area contributed by atoms with Crippen LogP contribution in [0.5, 0.6) is 0 Å². The minimum absolute atomic E-state index is 0.396. The van der Waals surface area contributed by atoms with Gasteiger partial charge in [-0.15, -0.1) is 6.58 Å². The van der Waals surface area contributed by atoms with Crippen LogP contribution in [0.1, 0.15) is 5.82 Å². The molecule has 0 spiro atoms. The van der Waals surface area contributed by atoms with Gasteiger partial charge in [-0.05, 0) is 0 Å². The standard InChI is InChI=1S/C6H7FN2/c1-2-3-6-8-4-5(7)9-6/h2,4H,1,3H2,(H,8,9). The molecule has 1 heterocycles. The number of allylic oxidation sites excluding steroid dienone is 1. The second kappa shape index (κ2) is 2.44. The number of aromatic nitrogens is 2. The molecule has 1 aromatic heterocycles. The zero-order valence-corrected chi connectivity index (χ0v) is 4.89. The van der Waals surface area contributed by atoms with E-state index in [1.165, 1.54) is 0 Å². The molecule has 1 rings (SSSR count). The molecule has 9 heavy (non-hydrogen) atoms.